The molecule has 0 aliphatic carbocycles. The molecule has 0 radical (unpaired) electrons. The Hall–Kier alpha value is 0.130. The van der Waals surface area contributed by atoms with Crippen LogP contribution in [0.15, 0.2) is 24.3 Å². The topological polar surface area (TPSA) is 29.1 Å². The van der Waals surface area contributed by atoms with E-state index in [0.29, 0.717) is 5.92 Å². The smallest absolute Gasteiger partial charge is 0.263 e. The summed E-state index contributed by atoms with van der Waals surface area (Å²) in [5, 5.41) is 2.80. The van der Waals surface area contributed by atoms with E-state index >= 15 is 0 Å². The summed E-state index contributed by atoms with van der Waals surface area (Å²) in [6.07, 6.45) is 0. The number of benzene rings is 1. The number of hydrogen-bond donors (Lipinski definition) is 1. The maximum absolute atomic E-state index is 11.7. The standard InChI is InChI=1S/C11H12Br3NO/c1-7(2)8-4-3-5-9(6-8)15-10(16)11(12,13)14/h3-7H,1-2H3,(H,15,16). The molecule has 5 heteroatoms. The van der Waals surface area contributed by atoms with Crippen LogP contribution >= 0.6 is 47.8 Å². The zero-order valence-electron chi connectivity index (χ0n) is 8.93. The van der Waals surface area contributed by atoms with Gasteiger partial charge < -0.3 is 5.32 Å². The van der Waals surface area contributed by atoms with Crippen LogP contribution in [0.5, 0.6) is 0 Å². The van der Waals surface area contributed by atoms with E-state index in [2.05, 4.69) is 67.0 Å². The van der Waals surface area contributed by atoms with Crippen molar-refractivity contribution in [2.24, 2.45) is 0 Å². The normalized spacial score (nSPS) is 11.6. The third-order valence-electron chi connectivity index (χ3n) is 2.07. The van der Waals surface area contributed by atoms with Gasteiger partial charge >= 0.3 is 0 Å². The van der Waals surface area contributed by atoms with Gasteiger partial charge in [-0.25, -0.2) is 0 Å². The van der Waals surface area contributed by atoms with Gasteiger partial charge in [0.25, 0.3) is 5.91 Å². The Morgan fingerprint density at radius 3 is 2.44 bits per heavy atom. The van der Waals surface area contributed by atoms with Crippen molar-refractivity contribution in [3.05, 3.63) is 29.8 Å². The minimum absolute atomic E-state index is 0.201. The van der Waals surface area contributed by atoms with Crippen molar-refractivity contribution >= 4 is 59.4 Å². The molecule has 1 amide bonds. The van der Waals surface area contributed by atoms with Crippen molar-refractivity contribution in [2.45, 2.75) is 21.9 Å². The molecule has 1 rings (SSSR count). The third kappa shape index (κ3) is 4.18. The largest absolute Gasteiger partial charge is 0.323 e. The minimum Gasteiger partial charge on any atom is -0.323 e. The first-order valence-electron chi connectivity index (χ1n) is 4.79. The van der Waals surface area contributed by atoms with Crippen LogP contribution in [0.25, 0.3) is 0 Å². The molecule has 1 N–H and O–H groups in total. The summed E-state index contributed by atoms with van der Waals surface area (Å²) >= 11 is 9.51. The van der Waals surface area contributed by atoms with Gasteiger partial charge in [0.1, 0.15) is 0 Å². The first-order valence-corrected chi connectivity index (χ1v) is 7.16. The first-order chi connectivity index (χ1) is 7.30. The molecular weight excluding hydrogens is 402 g/mol. The highest BCUT2D eigenvalue weighted by molar-refractivity contribution is 9.40. The molecule has 0 aromatic heterocycles. The fourth-order valence-electron chi connectivity index (χ4n) is 1.18. The van der Waals surface area contributed by atoms with E-state index in [1.807, 2.05) is 24.3 Å². The highest BCUT2D eigenvalue weighted by atomic mass is 80.0. The van der Waals surface area contributed by atoms with Crippen LogP contribution in [0.2, 0.25) is 0 Å². The molecule has 0 saturated carbocycles. The number of anilines is 1. The van der Waals surface area contributed by atoms with Crippen molar-refractivity contribution in [1.29, 1.82) is 0 Å². The van der Waals surface area contributed by atoms with E-state index in [9.17, 15) is 4.79 Å². The Kier molecular flexibility index (Phi) is 5.01. The van der Waals surface area contributed by atoms with Gasteiger partial charge in [0.05, 0.1) is 0 Å². The molecule has 2 nitrogen and oxygen atoms in total. The van der Waals surface area contributed by atoms with Crippen molar-refractivity contribution in [2.75, 3.05) is 5.32 Å². The summed E-state index contributed by atoms with van der Waals surface area (Å²) in [6.45, 7) is 4.23. The summed E-state index contributed by atoms with van der Waals surface area (Å²) < 4.78 is -0.916. The number of halogens is 3. The Morgan fingerprint density at radius 1 is 1.31 bits per heavy atom. The van der Waals surface area contributed by atoms with Crippen LogP contribution in [-0.4, -0.2) is 8.05 Å². The number of carbonyl (C=O) groups is 1. The molecule has 0 aliphatic heterocycles. The molecule has 0 atom stereocenters. The summed E-state index contributed by atoms with van der Waals surface area (Å²) in [5.41, 5.74) is 1.99. The Morgan fingerprint density at radius 2 is 1.94 bits per heavy atom. The molecule has 88 valence electrons. The lowest BCUT2D eigenvalue weighted by molar-refractivity contribution is -0.114. The van der Waals surface area contributed by atoms with Gasteiger partial charge in [-0.2, -0.15) is 0 Å². The Bertz CT molecular complexity index is 385. The number of amides is 1. The third-order valence-corrected chi connectivity index (χ3v) is 3.15. The van der Waals surface area contributed by atoms with Crippen LogP contribution in [0.3, 0.4) is 0 Å². The van der Waals surface area contributed by atoms with Crippen molar-refractivity contribution in [3.63, 3.8) is 0 Å². The van der Waals surface area contributed by atoms with Crippen molar-refractivity contribution in [3.8, 4) is 0 Å². The molecule has 0 unspecified atom stereocenters. The number of nitrogens with one attached hydrogen (secondary N) is 1. The molecule has 0 aliphatic rings. The predicted molar refractivity (Wildman–Crippen MR) is 78.7 cm³/mol. The van der Waals surface area contributed by atoms with E-state index in [4.69, 9.17) is 0 Å². The van der Waals surface area contributed by atoms with Gasteiger partial charge in [0.2, 0.25) is 2.14 Å². The van der Waals surface area contributed by atoms with Gasteiger partial charge in [0.15, 0.2) is 0 Å². The zero-order chi connectivity index (χ0) is 12.3. The van der Waals surface area contributed by atoms with Crippen LogP contribution in [0, 0.1) is 0 Å². The summed E-state index contributed by atoms with van der Waals surface area (Å²) in [7, 11) is 0. The molecular formula is C11H12Br3NO. The average Bonchev–Trinajstić information content (AvgIpc) is 2.16. The van der Waals surface area contributed by atoms with Crippen LogP contribution < -0.4 is 5.32 Å². The fourth-order valence-corrected chi connectivity index (χ4v) is 1.47. The fraction of sp³-hybridized carbons (Fsp3) is 0.364. The van der Waals surface area contributed by atoms with Crippen molar-refractivity contribution < 1.29 is 4.79 Å². The lowest BCUT2D eigenvalue weighted by atomic mass is 10.0. The molecule has 1 aromatic rings. The molecule has 1 aromatic carbocycles. The predicted octanol–water partition coefficient (Wildman–Crippen LogP) is 4.59. The van der Waals surface area contributed by atoms with E-state index in [-0.39, 0.29) is 5.91 Å². The van der Waals surface area contributed by atoms with E-state index < -0.39 is 2.14 Å². The second kappa shape index (κ2) is 5.65. The second-order valence-electron chi connectivity index (χ2n) is 3.73. The molecule has 0 heterocycles. The Balaban J connectivity index is 2.83. The molecule has 0 bridgehead atoms. The number of alkyl halides is 3. The maximum Gasteiger partial charge on any atom is 0.263 e. The summed E-state index contributed by atoms with van der Waals surface area (Å²) in [6, 6.07) is 7.82. The average molecular weight is 414 g/mol. The van der Waals surface area contributed by atoms with Gasteiger partial charge in [-0.1, -0.05) is 26.0 Å². The van der Waals surface area contributed by atoms with Crippen molar-refractivity contribution in [1.82, 2.24) is 0 Å². The van der Waals surface area contributed by atoms with Crippen LogP contribution in [-0.2, 0) is 4.79 Å². The van der Waals surface area contributed by atoms with E-state index in [1.165, 1.54) is 5.56 Å². The summed E-state index contributed by atoms with van der Waals surface area (Å²) in [5.74, 6) is 0.243. The molecule has 0 saturated heterocycles. The quantitative estimate of drug-likeness (QED) is 0.706. The highest BCUT2D eigenvalue weighted by Gasteiger charge is 2.28. The van der Waals surface area contributed by atoms with Crippen LogP contribution in [0.4, 0.5) is 5.69 Å². The van der Waals surface area contributed by atoms with Gasteiger partial charge in [-0.15, -0.1) is 0 Å². The van der Waals surface area contributed by atoms with Crippen LogP contribution in [0.1, 0.15) is 25.3 Å². The second-order valence-corrected chi connectivity index (χ2v) is 10.5. The number of hydrogen-bond acceptors (Lipinski definition) is 1. The van der Waals surface area contributed by atoms with Gasteiger partial charge in [-0.05, 0) is 71.4 Å². The SMILES string of the molecule is CC(C)c1cccc(NC(=O)C(Br)(Br)Br)c1. The lowest BCUT2D eigenvalue weighted by Crippen LogP contribution is -2.25. The van der Waals surface area contributed by atoms with E-state index in [1.54, 1.807) is 0 Å². The first kappa shape index (κ1) is 14.2. The van der Waals surface area contributed by atoms with E-state index in [0.717, 1.165) is 5.69 Å². The molecule has 0 fully saturated rings. The monoisotopic (exact) mass is 411 g/mol. The zero-order valence-corrected chi connectivity index (χ0v) is 13.7. The molecule has 0 spiro atoms. The maximum atomic E-state index is 11.7. The van der Waals surface area contributed by atoms with Gasteiger partial charge in [-0.3, -0.25) is 4.79 Å². The summed E-state index contributed by atoms with van der Waals surface area (Å²) in [4.78, 5) is 11.7. The van der Waals surface area contributed by atoms with Gasteiger partial charge in [0, 0.05) is 5.69 Å². The number of carbonyl (C=O) groups excluding carboxylic acids is 1. The number of rotatable bonds is 2. The lowest BCUT2D eigenvalue weighted by Gasteiger charge is -2.14. The minimum atomic E-state index is -0.916. The highest BCUT2D eigenvalue weighted by Crippen LogP contribution is 2.34. The molecule has 16 heavy (non-hydrogen) atoms. The Labute approximate surface area is 121 Å².